The van der Waals surface area contributed by atoms with Gasteiger partial charge in [-0.15, -0.1) is 0 Å². The summed E-state index contributed by atoms with van der Waals surface area (Å²) in [5, 5.41) is 11.6. The number of hydrogen-bond acceptors (Lipinski definition) is 5. The van der Waals surface area contributed by atoms with Gasteiger partial charge in [0.05, 0.1) is 18.6 Å². The van der Waals surface area contributed by atoms with Crippen LogP contribution in [0, 0.1) is 51.8 Å². The monoisotopic (exact) mass is 504 g/mol. The molecule has 0 aromatic rings. The van der Waals surface area contributed by atoms with E-state index in [0.29, 0.717) is 41.9 Å². The molecule has 0 spiro atoms. The molecular formula is C31H52O5. The van der Waals surface area contributed by atoms with E-state index in [-0.39, 0.29) is 35.0 Å². The molecule has 4 aliphatic rings. The van der Waals surface area contributed by atoms with E-state index in [1.165, 1.54) is 32.8 Å². The van der Waals surface area contributed by atoms with Crippen LogP contribution in [0.15, 0.2) is 0 Å². The molecule has 4 aliphatic carbocycles. The fourth-order valence-corrected chi connectivity index (χ4v) is 9.37. The van der Waals surface area contributed by atoms with E-state index in [1.54, 1.807) is 0 Å². The molecule has 7 unspecified atom stereocenters. The number of aliphatic hydroxyl groups is 1. The Morgan fingerprint density at radius 3 is 2.36 bits per heavy atom. The SMILES string of the molecule is CCC(C)(C)C(=O)O[C@H]1CC[C@@]2(C)C(CC(O)C3C4CCC(C(C)CCC(=O)OC)[C@@]4(C)CCC32)C1. The lowest BCUT2D eigenvalue weighted by Crippen LogP contribution is -2.59. The average Bonchev–Trinajstić information content (AvgIpc) is 3.20. The van der Waals surface area contributed by atoms with Crippen molar-refractivity contribution < 1.29 is 24.2 Å². The predicted octanol–water partition coefficient (Wildman–Crippen LogP) is 6.55. The number of methoxy groups -OCH3 is 1. The molecule has 5 nitrogen and oxygen atoms in total. The third kappa shape index (κ3) is 4.76. The Kier molecular flexibility index (Phi) is 7.93. The summed E-state index contributed by atoms with van der Waals surface area (Å²) in [6.45, 7) is 13.3. The summed E-state index contributed by atoms with van der Waals surface area (Å²) >= 11 is 0. The van der Waals surface area contributed by atoms with Gasteiger partial charge in [0, 0.05) is 6.42 Å². The van der Waals surface area contributed by atoms with E-state index in [4.69, 9.17) is 9.47 Å². The minimum Gasteiger partial charge on any atom is -0.469 e. The van der Waals surface area contributed by atoms with E-state index in [0.717, 1.165) is 38.5 Å². The van der Waals surface area contributed by atoms with Crippen molar-refractivity contribution in [3.8, 4) is 0 Å². The molecule has 4 rings (SSSR count). The molecule has 4 saturated carbocycles. The van der Waals surface area contributed by atoms with Crippen LogP contribution in [-0.4, -0.2) is 36.4 Å². The zero-order valence-corrected chi connectivity index (χ0v) is 24.0. The Bertz CT molecular complexity index is 822. The molecule has 0 aromatic heterocycles. The van der Waals surface area contributed by atoms with E-state index in [1.807, 2.05) is 20.8 Å². The average molecular weight is 505 g/mol. The van der Waals surface area contributed by atoms with Crippen molar-refractivity contribution in [2.45, 2.75) is 124 Å². The highest BCUT2D eigenvalue weighted by Gasteiger charge is 2.63. The number of hydrogen-bond donors (Lipinski definition) is 1. The second kappa shape index (κ2) is 10.2. The molecule has 0 aliphatic heterocycles. The quantitative estimate of drug-likeness (QED) is 0.398. The predicted molar refractivity (Wildman–Crippen MR) is 141 cm³/mol. The second-order valence-corrected chi connectivity index (χ2v) is 14.2. The Balaban J connectivity index is 1.46. The van der Waals surface area contributed by atoms with Gasteiger partial charge in [0.1, 0.15) is 6.10 Å². The first-order chi connectivity index (χ1) is 16.9. The van der Waals surface area contributed by atoms with E-state index in [2.05, 4.69) is 20.8 Å². The molecule has 0 bridgehead atoms. The van der Waals surface area contributed by atoms with Crippen LogP contribution in [0.1, 0.15) is 112 Å². The number of aliphatic hydroxyl groups excluding tert-OH is 1. The Labute approximate surface area is 219 Å². The fourth-order valence-electron chi connectivity index (χ4n) is 9.37. The molecule has 4 fully saturated rings. The number of esters is 2. The fraction of sp³-hybridized carbons (Fsp3) is 0.935. The molecule has 36 heavy (non-hydrogen) atoms. The van der Waals surface area contributed by atoms with Gasteiger partial charge in [0.2, 0.25) is 0 Å². The number of carbonyl (C=O) groups excluding carboxylic acids is 2. The number of carbonyl (C=O) groups is 2. The molecular weight excluding hydrogens is 452 g/mol. The summed E-state index contributed by atoms with van der Waals surface area (Å²) in [4.78, 5) is 24.5. The van der Waals surface area contributed by atoms with Gasteiger partial charge in [0.25, 0.3) is 0 Å². The summed E-state index contributed by atoms with van der Waals surface area (Å²) in [6, 6.07) is 0. The molecule has 206 valence electrons. The van der Waals surface area contributed by atoms with Crippen molar-refractivity contribution in [3.63, 3.8) is 0 Å². The number of fused-ring (bicyclic) bond motifs is 5. The highest BCUT2D eigenvalue weighted by molar-refractivity contribution is 5.76. The van der Waals surface area contributed by atoms with Crippen LogP contribution in [0.3, 0.4) is 0 Å². The summed E-state index contributed by atoms with van der Waals surface area (Å²) < 4.78 is 10.9. The molecule has 10 atom stereocenters. The van der Waals surface area contributed by atoms with Crippen molar-refractivity contribution in [1.29, 1.82) is 0 Å². The minimum absolute atomic E-state index is 0.00877. The first-order valence-corrected chi connectivity index (χ1v) is 14.8. The minimum atomic E-state index is -0.432. The maximum Gasteiger partial charge on any atom is 0.311 e. The van der Waals surface area contributed by atoms with Crippen LogP contribution in [0.5, 0.6) is 0 Å². The van der Waals surface area contributed by atoms with Gasteiger partial charge in [-0.1, -0.05) is 27.7 Å². The molecule has 0 aromatic carbocycles. The van der Waals surface area contributed by atoms with Gasteiger partial charge in [-0.25, -0.2) is 0 Å². The van der Waals surface area contributed by atoms with Crippen LogP contribution in [0.2, 0.25) is 0 Å². The highest BCUT2D eigenvalue weighted by Crippen LogP contribution is 2.68. The topological polar surface area (TPSA) is 72.8 Å². The van der Waals surface area contributed by atoms with Crippen molar-refractivity contribution >= 4 is 11.9 Å². The van der Waals surface area contributed by atoms with Crippen molar-refractivity contribution in [3.05, 3.63) is 0 Å². The largest absolute Gasteiger partial charge is 0.469 e. The zero-order valence-electron chi connectivity index (χ0n) is 24.0. The lowest BCUT2D eigenvalue weighted by Gasteiger charge is -2.62. The van der Waals surface area contributed by atoms with Gasteiger partial charge in [0.15, 0.2) is 0 Å². The summed E-state index contributed by atoms with van der Waals surface area (Å²) in [7, 11) is 1.48. The Hall–Kier alpha value is -1.10. The van der Waals surface area contributed by atoms with E-state index >= 15 is 0 Å². The van der Waals surface area contributed by atoms with Gasteiger partial charge in [-0.3, -0.25) is 9.59 Å². The summed E-state index contributed by atoms with van der Waals surface area (Å²) in [6.07, 6.45) is 10.5. The molecule has 1 N–H and O–H groups in total. The number of rotatable bonds is 7. The van der Waals surface area contributed by atoms with E-state index in [9.17, 15) is 14.7 Å². The highest BCUT2D eigenvalue weighted by atomic mass is 16.5. The second-order valence-electron chi connectivity index (χ2n) is 14.2. The first-order valence-electron chi connectivity index (χ1n) is 14.8. The van der Waals surface area contributed by atoms with E-state index < -0.39 is 5.41 Å². The summed E-state index contributed by atoms with van der Waals surface area (Å²) in [5.74, 6) is 2.85. The maximum absolute atomic E-state index is 12.7. The molecule has 0 radical (unpaired) electrons. The van der Waals surface area contributed by atoms with Crippen molar-refractivity contribution in [2.75, 3.05) is 7.11 Å². The Morgan fingerprint density at radius 1 is 1.03 bits per heavy atom. The Morgan fingerprint density at radius 2 is 1.69 bits per heavy atom. The molecule has 5 heteroatoms. The van der Waals surface area contributed by atoms with Crippen molar-refractivity contribution in [1.82, 2.24) is 0 Å². The van der Waals surface area contributed by atoms with Gasteiger partial charge in [-0.05, 0) is 124 Å². The van der Waals surface area contributed by atoms with Gasteiger partial charge >= 0.3 is 11.9 Å². The van der Waals surface area contributed by atoms with Gasteiger partial charge < -0.3 is 14.6 Å². The van der Waals surface area contributed by atoms with Crippen LogP contribution in [0.25, 0.3) is 0 Å². The first kappa shape index (κ1) is 27.9. The number of ether oxygens (including phenoxy) is 2. The zero-order chi connectivity index (χ0) is 26.5. The normalized spacial score (nSPS) is 43.1. The van der Waals surface area contributed by atoms with Gasteiger partial charge in [-0.2, -0.15) is 0 Å². The lowest BCUT2D eigenvalue weighted by atomic mass is 9.43. The maximum atomic E-state index is 12.7. The standard InChI is InChI=1S/C31H52O5/c1-8-29(3,4)28(34)36-21-13-15-30(5)20(17-21)18-25(32)27-23-11-10-22(19(2)9-12-26(33)35-7)31(23,6)16-14-24(27)30/h19-25,27,32H,8-18H2,1-7H3/t19?,20?,21-,22?,23?,24?,25?,27?,30-,31+/m0/s1. The van der Waals surface area contributed by atoms with Crippen LogP contribution in [0.4, 0.5) is 0 Å². The smallest absolute Gasteiger partial charge is 0.311 e. The van der Waals surface area contributed by atoms with Crippen LogP contribution >= 0.6 is 0 Å². The van der Waals surface area contributed by atoms with Crippen LogP contribution < -0.4 is 0 Å². The van der Waals surface area contributed by atoms with Crippen LogP contribution in [-0.2, 0) is 19.1 Å². The third-order valence-electron chi connectivity index (χ3n) is 12.1. The lowest BCUT2D eigenvalue weighted by molar-refractivity contribution is -0.186. The molecule has 0 heterocycles. The third-order valence-corrected chi connectivity index (χ3v) is 12.1. The molecule has 0 amide bonds. The summed E-state index contributed by atoms with van der Waals surface area (Å²) in [5.41, 5.74) is 0.0428. The van der Waals surface area contributed by atoms with Crippen molar-refractivity contribution in [2.24, 2.45) is 51.8 Å². The molecule has 0 saturated heterocycles.